The second-order valence-electron chi connectivity index (χ2n) is 5.28. The van der Waals surface area contributed by atoms with Crippen molar-refractivity contribution in [2.24, 2.45) is 0 Å². The number of rotatable bonds is 3. The van der Waals surface area contributed by atoms with Crippen LogP contribution < -0.4 is 62.2 Å². The Balaban J connectivity index is 0.00000220. The Bertz CT molecular complexity index is 505. The molecule has 0 bridgehead atoms. The Morgan fingerprint density at radius 3 is 2.29 bits per heavy atom. The molecule has 1 fully saturated rings. The number of halogens is 4. The summed E-state index contributed by atoms with van der Waals surface area (Å²) >= 11 is 2.01. The van der Waals surface area contributed by atoms with Crippen molar-refractivity contribution in [1.82, 2.24) is 10.2 Å². The summed E-state index contributed by atoms with van der Waals surface area (Å²) in [5.41, 5.74) is 1.16. The molecule has 112 valence electrons. The van der Waals surface area contributed by atoms with Crippen molar-refractivity contribution in [2.75, 3.05) is 26.2 Å². The van der Waals surface area contributed by atoms with Crippen LogP contribution in [0.4, 0.5) is 12.9 Å². The van der Waals surface area contributed by atoms with Gasteiger partial charge in [-0.25, -0.2) is 0 Å². The predicted molar refractivity (Wildman–Crippen MR) is 85.5 cm³/mol. The number of piperazine rings is 1. The second-order valence-corrected chi connectivity index (χ2v) is 6.44. The summed E-state index contributed by atoms with van der Waals surface area (Å²) in [5.74, 6) is 0. The Kier molecular flexibility index (Phi) is 8.22. The number of nitrogens with zero attached hydrogens (tertiary/aromatic N) is 1. The van der Waals surface area contributed by atoms with Gasteiger partial charge < -0.3 is 18.3 Å². The van der Waals surface area contributed by atoms with E-state index in [1.165, 1.54) is 0 Å². The van der Waals surface area contributed by atoms with E-state index in [1.807, 2.05) is 28.7 Å². The SMILES string of the molecule is Cc1c(I)cc(CN2CCNCC2)c(C)c1[B-](F)(F)F.[K+]. The van der Waals surface area contributed by atoms with E-state index < -0.39 is 12.4 Å². The minimum atomic E-state index is -4.96. The van der Waals surface area contributed by atoms with Gasteiger partial charge in [-0.15, -0.1) is 5.46 Å². The van der Waals surface area contributed by atoms with Gasteiger partial charge in [-0.2, -0.15) is 0 Å². The van der Waals surface area contributed by atoms with E-state index in [-0.39, 0.29) is 51.4 Å². The third-order valence-electron chi connectivity index (χ3n) is 3.88. The first kappa shape index (κ1) is 20.4. The van der Waals surface area contributed by atoms with Crippen LogP contribution in [0.1, 0.15) is 16.7 Å². The minimum Gasteiger partial charge on any atom is -0.445 e. The van der Waals surface area contributed by atoms with Gasteiger partial charge in [-0.3, -0.25) is 4.90 Å². The van der Waals surface area contributed by atoms with E-state index in [9.17, 15) is 12.9 Å². The van der Waals surface area contributed by atoms with Crippen LogP contribution in [-0.2, 0) is 6.54 Å². The molecule has 1 aliphatic rings. The zero-order valence-corrected chi connectivity index (χ0v) is 17.9. The fraction of sp³-hybridized carbons (Fsp3) is 0.538. The normalized spacial score (nSPS) is 16.7. The zero-order chi connectivity index (χ0) is 14.9. The summed E-state index contributed by atoms with van der Waals surface area (Å²) in [6, 6.07) is 1.90. The average Bonchev–Trinajstić information content (AvgIpc) is 2.36. The third kappa shape index (κ3) is 5.17. The maximum atomic E-state index is 13.3. The molecular formula is C13H18BF3IKN2. The van der Waals surface area contributed by atoms with Crippen molar-refractivity contribution in [1.29, 1.82) is 0 Å². The summed E-state index contributed by atoms with van der Waals surface area (Å²) in [4.78, 5) is 2.21. The van der Waals surface area contributed by atoms with Crippen molar-refractivity contribution in [3.05, 3.63) is 26.3 Å². The molecule has 1 heterocycles. The fourth-order valence-electron chi connectivity index (χ4n) is 2.72. The molecule has 0 atom stereocenters. The van der Waals surface area contributed by atoms with Crippen LogP contribution in [0.2, 0.25) is 0 Å². The summed E-state index contributed by atoms with van der Waals surface area (Å²) in [6.45, 7) is 2.38. The predicted octanol–water partition coefficient (Wildman–Crippen LogP) is -0.628. The van der Waals surface area contributed by atoms with E-state index in [2.05, 4.69) is 10.2 Å². The van der Waals surface area contributed by atoms with E-state index in [0.717, 1.165) is 31.7 Å². The first-order chi connectivity index (χ1) is 9.30. The van der Waals surface area contributed by atoms with Crippen LogP contribution in [-0.4, -0.2) is 38.1 Å². The summed E-state index contributed by atoms with van der Waals surface area (Å²) in [7, 11) is 0. The molecular weight excluding hydrogens is 418 g/mol. The van der Waals surface area contributed by atoms with Crippen LogP contribution in [0.5, 0.6) is 0 Å². The molecule has 0 spiro atoms. The molecule has 2 nitrogen and oxygen atoms in total. The van der Waals surface area contributed by atoms with E-state index in [4.69, 9.17) is 0 Å². The van der Waals surface area contributed by atoms with Crippen molar-refractivity contribution in [3.8, 4) is 0 Å². The zero-order valence-electron chi connectivity index (χ0n) is 12.6. The quantitative estimate of drug-likeness (QED) is 0.502. The third-order valence-corrected chi connectivity index (χ3v) is 5.00. The Morgan fingerprint density at radius 2 is 1.76 bits per heavy atom. The molecule has 1 saturated heterocycles. The Labute approximate surface area is 180 Å². The first-order valence-electron chi connectivity index (χ1n) is 6.72. The molecule has 0 radical (unpaired) electrons. The van der Waals surface area contributed by atoms with Gasteiger partial charge in [0.2, 0.25) is 0 Å². The number of nitrogens with one attached hydrogen (secondary N) is 1. The monoisotopic (exact) mass is 436 g/mol. The van der Waals surface area contributed by atoms with Crippen LogP contribution >= 0.6 is 22.6 Å². The smallest absolute Gasteiger partial charge is 0.445 e. The summed E-state index contributed by atoms with van der Waals surface area (Å²) in [6.07, 6.45) is 0. The number of hydrogen-bond acceptors (Lipinski definition) is 2. The summed E-state index contributed by atoms with van der Waals surface area (Å²) < 4.78 is 40.6. The van der Waals surface area contributed by atoms with Gasteiger partial charge in [-0.1, -0.05) is 11.1 Å². The summed E-state index contributed by atoms with van der Waals surface area (Å²) in [5, 5.41) is 3.25. The molecule has 1 aliphatic heterocycles. The molecule has 0 amide bonds. The van der Waals surface area contributed by atoms with Gasteiger partial charge in [0.25, 0.3) is 0 Å². The van der Waals surface area contributed by atoms with Crippen LogP contribution in [0, 0.1) is 17.4 Å². The average molecular weight is 436 g/mol. The topological polar surface area (TPSA) is 15.3 Å². The largest absolute Gasteiger partial charge is 1.00 e. The maximum Gasteiger partial charge on any atom is 1.00 e. The number of benzene rings is 1. The molecule has 21 heavy (non-hydrogen) atoms. The van der Waals surface area contributed by atoms with Crippen LogP contribution in [0.25, 0.3) is 0 Å². The van der Waals surface area contributed by atoms with Gasteiger partial charge in [0.1, 0.15) is 0 Å². The van der Waals surface area contributed by atoms with Gasteiger partial charge in [0, 0.05) is 36.3 Å². The molecule has 8 heteroatoms. The van der Waals surface area contributed by atoms with Crippen LogP contribution in [0.15, 0.2) is 6.07 Å². The molecule has 1 aromatic rings. The standard InChI is InChI=1S/C13H18BF3IN2.K/c1-9-11(8-20-5-3-19-4-6-20)7-12(18)10(2)13(9)14(15,16)17;/h7,19H,3-6,8H2,1-2H3;/q-1;+1. The van der Waals surface area contributed by atoms with Gasteiger partial charge >= 0.3 is 58.4 Å². The van der Waals surface area contributed by atoms with E-state index in [1.54, 1.807) is 13.8 Å². The maximum absolute atomic E-state index is 13.3. The molecule has 1 N–H and O–H groups in total. The van der Waals surface area contributed by atoms with Crippen molar-refractivity contribution < 1.29 is 64.3 Å². The molecule has 2 rings (SSSR count). The molecule has 0 unspecified atom stereocenters. The minimum absolute atomic E-state index is 0. The molecule has 1 aromatic carbocycles. The molecule has 0 aromatic heterocycles. The Hall–Kier alpha value is 1.36. The van der Waals surface area contributed by atoms with Gasteiger partial charge in [0.15, 0.2) is 0 Å². The van der Waals surface area contributed by atoms with Crippen molar-refractivity contribution >= 4 is 35.0 Å². The Morgan fingerprint density at radius 1 is 1.19 bits per heavy atom. The van der Waals surface area contributed by atoms with Crippen molar-refractivity contribution in [2.45, 2.75) is 20.4 Å². The van der Waals surface area contributed by atoms with Gasteiger partial charge in [-0.05, 0) is 48.1 Å². The van der Waals surface area contributed by atoms with Crippen LogP contribution in [0.3, 0.4) is 0 Å². The fourth-order valence-corrected chi connectivity index (χ4v) is 3.38. The number of hydrogen-bond donors (Lipinski definition) is 1. The van der Waals surface area contributed by atoms with E-state index >= 15 is 0 Å². The first-order valence-corrected chi connectivity index (χ1v) is 7.80. The van der Waals surface area contributed by atoms with Crippen molar-refractivity contribution in [3.63, 3.8) is 0 Å². The molecule has 0 saturated carbocycles. The second kappa shape index (κ2) is 8.46. The molecule has 0 aliphatic carbocycles. The van der Waals surface area contributed by atoms with E-state index in [0.29, 0.717) is 21.2 Å². The van der Waals surface area contributed by atoms with Gasteiger partial charge in [0.05, 0.1) is 0 Å².